The second-order valence-electron chi connectivity index (χ2n) is 5.92. The minimum Gasteiger partial charge on any atom is -0.354 e. The zero-order valence-electron chi connectivity index (χ0n) is 13.8. The summed E-state index contributed by atoms with van der Waals surface area (Å²) in [5.41, 5.74) is 0.574. The Morgan fingerprint density at radius 3 is 2.62 bits per heavy atom. The maximum atomic E-state index is 12.9. The maximum Gasteiger partial charge on any atom is 0.204 e. The van der Waals surface area contributed by atoms with E-state index in [4.69, 9.17) is 10.7 Å². The van der Waals surface area contributed by atoms with Crippen LogP contribution in [0.1, 0.15) is 23.2 Å². The Morgan fingerprint density at radius 2 is 2.04 bits per heavy atom. The molecule has 1 saturated heterocycles. The van der Waals surface area contributed by atoms with Gasteiger partial charge in [0.25, 0.3) is 0 Å². The van der Waals surface area contributed by atoms with Crippen molar-refractivity contribution in [3.8, 4) is 6.19 Å². The highest BCUT2D eigenvalue weighted by Gasteiger charge is 2.25. The number of hydrogen-bond acceptors (Lipinski definition) is 4. The minimum atomic E-state index is -0.332. The summed E-state index contributed by atoms with van der Waals surface area (Å²) < 4.78 is 12.9. The fraction of sp³-hybridized carbons (Fsp3) is 0.471. The SMILES string of the molecule is CN(C#N)C(=N)NCCN1CCC(C(=O)c2ccc(F)cc2)CC1. The molecule has 0 aromatic heterocycles. The van der Waals surface area contributed by atoms with Crippen LogP contribution in [0.3, 0.4) is 0 Å². The highest BCUT2D eigenvalue weighted by Crippen LogP contribution is 2.21. The largest absolute Gasteiger partial charge is 0.354 e. The number of nitrogens with one attached hydrogen (secondary N) is 2. The van der Waals surface area contributed by atoms with Crippen molar-refractivity contribution >= 4 is 11.7 Å². The normalized spacial score (nSPS) is 15.5. The molecule has 1 heterocycles. The lowest BCUT2D eigenvalue weighted by molar-refractivity contribution is 0.0842. The number of guanidine groups is 1. The summed E-state index contributed by atoms with van der Waals surface area (Å²) in [4.78, 5) is 15.8. The van der Waals surface area contributed by atoms with Crippen LogP contribution in [-0.4, -0.2) is 54.8 Å². The summed E-state index contributed by atoms with van der Waals surface area (Å²) in [7, 11) is 1.53. The highest BCUT2D eigenvalue weighted by atomic mass is 19.1. The van der Waals surface area contributed by atoms with Gasteiger partial charge < -0.3 is 10.2 Å². The lowest BCUT2D eigenvalue weighted by Gasteiger charge is -2.31. The van der Waals surface area contributed by atoms with Gasteiger partial charge in [-0.05, 0) is 50.2 Å². The van der Waals surface area contributed by atoms with Crippen molar-refractivity contribution in [2.45, 2.75) is 12.8 Å². The molecule has 2 N–H and O–H groups in total. The number of piperidine rings is 1. The molecule has 1 aromatic carbocycles. The maximum absolute atomic E-state index is 12.9. The van der Waals surface area contributed by atoms with Crippen LogP contribution in [0, 0.1) is 28.6 Å². The number of halogens is 1. The monoisotopic (exact) mass is 331 g/mol. The molecule has 0 aliphatic carbocycles. The van der Waals surface area contributed by atoms with Crippen molar-refractivity contribution in [1.29, 1.82) is 10.7 Å². The average molecular weight is 331 g/mol. The Labute approximate surface area is 141 Å². The molecule has 1 aliphatic heterocycles. The zero-order chi connectivity index (χ0) is 17.5. The van der Waals surface area contributed by atoms with Gasteiger partial charge in [0.1, 0.15) is 5.82 Å². The topological polar surface area (TPSA) is 83.2 Å². The van der Waals surface area contributed by atoms with Gasteiger partial charge in [0.15, 0.2) is 12.0 Å². The molecule has 0 atom stereocenters. The van der Waals surface area contributed by atoms with Crippen LogP contribution in [0.15, 0.2) is 24.3 Å². The first-order valence-corrected chi connectivity index (χ1v) is 7.99. The Bertz CT molecular complexity index is 617. The first-order valence-electron chi connectivity index (χ1n) is 7.99. The van der Waals surface area contributed by atoms with Crippen LogP contribution < -0.4 is 5.32 Å². The Morgan fingerprint density at radius 1 is 1.42 bits per heavy atom. The average Bonchev–Trinajstić information content (AvgIpc) is 2.61. The number of nitriles is 1. The third-order valence-corrected chi connectivity index (χ3v) is 4.29. The van der Waals surface area contributed by atoms with E-state index in [9.17, 15) is 9.18 Å². The zero-order valence-corrected chi connectivity index (χ0v) is 13.8. The molecule has 0 radical (unpaired) electrons. The van der Waals surface area contributed by atoms with Crippen molar-refractivity contribution in [2.24, 2.45) is 5.92 Å². The Hall–Kier alpha value is -2.46. The number of hydrogen-bond donors (Lipinski definition) is 2. The molecular weight excluding hydrogens is 309 g/mol. The summed E-state index contributed by atoms with van der Waals surface area (Å²) in [6, 6.07) is 5.74. The fourth-order valence-corrected chi connectivity index (χ4v) is 2.77. The summed E-state index contributed by atoms with van der Waals surface area (Å²) in [5, 5.41) is 19.2. The van der Waals surface area contributed by atoms with Crippen molar-refractivity contribution < 1.29 is 9.18 Å². The van der Waals surface area contributed by atoms with Crippen molar-refractivity contribution in [3.05, 3.63) is 35.6 Å². The van der Waals surface area contributed by atoms with Crippen molar-refractivity contribution in [3.63, 3.8) is 0 Å². The molecule has 24 heavy (non-hydrogen) atoms. The molecule has 7 heteroatoms. The van der Waals surface area contributed by atoms with E-state index in [1.54, 1.807) is 12.1 Å². The summed E-state index contributed by atoms with van der Waals surface area (Å²) >= 11 is 0. The van der Waals surface area contributed by atoms with Gasteiger partial charge in [-0.3, -0.25) is 15.1 Å². The number of rotatable bonds is 5. The van der Waals surface area contributed by atoms with E-state index in [-0.39, 0.29) is 23.5 Å². The van der Waals surface area contributed by atoms with E-state index in [2.05, 4.69) is 10.2 Å². The fourth-order valence-electron chi connectivity index (χ4n) is 2.77. The standard InChI is InChI=1S/C17H22FN5O/c1-22(12-19)17(20)21-8-11-23-9-6-14(7-10-23)16(24)13-2-4-15(18)5-3-13/h2-5,14H,6-11H2,1H3,(H2,20,21). The van der Waals surface area contributed by atoms with Gasteiger partial charge in [0.05, 0.1) is 0 Å². The molecule has 2 rings (SSSR count). The Kier molecular flexibility index (Phi) is 6.27. The minimum absolute atomic E-state index is 0.0114. The third-order valence-electron chi connectivity index (χ3n) is 4.29. The number of benzene rings is 1. The van der Waals surface area contributed by atoms with E-state index in [1.807, 2.05) is 6.19 Å². The predicted octanol–water partition coefficient (Wildman–Crippen LogP) is 1.66. The molecule has 1 aromatic rings. The highest BCUT2D eigenvalue weighted by molar-refractivity contribution is 5.97. The number of likely N-dealkylation sites (tertiary alicyclic amines) is 1. The van der Waals surface area contributed by atoms with Crippen LogP contribution in [0.25, 0.3) is 0 Å². The molecule has 6 nitrogen and oxygen atoms in total. The first kappa shape index (κ1) is 17.9. The molecule has 0 bridgehead atoms. The van der Waals surface area contributed by atoms with Gasteiger partial charge in [-0.15, -0.1) is 0 Å². The molecule has 1 fully saturated rings. The van der Waals surface area contributed by atoms with Crippen LogP contribution in [0.2, 0.25) is 0 Å². The van der Waals surface area contributed by atoms with E-state index in [1.165, 1.54) is 19.2 Å². The number of carbonyl (C=O) groups is 1. The van der Waals surface area contributed by atoms with Crippen molar-refractivity contribution in [2.75, 3.05) is 33.2 Å². The van der Waals surface area contributed by atoms with Gasteiger partial charge in [-0.1, -0.05) is 0 Å². The lowest BCUT2D eigenvalue weighted by Crippen LogP contribution is -2.43. The van der Waals surface area contributed by atoms with E-state index < -0.39 is 0 Å². The third kappa shape index (κ3) is 4.77. The summed E-state index contributed by atoms with van der Waals surface area (Å²) in [6.07, 6.45) is 3.43. The molecular formula is C17H22FN5O. The smallest absolute Gasteiger partial charge is 0.204 e. The lowest BCUT2D eigenvalue weighted by atomic mass is 9.89. The van der Waals surface area contributed by atoms with E-state index >= 15 is 0 Å². The quantitative estimate of drug-likeness (QED) is 0.282. The van der Waals surface area contributed by atoms with Gasteiger partial charge in [0, 0.05) is 31.6 Å². The predicted molar refractivity (Wildman–Crippen MR) is 89.0 cm³/mol. The summed E-state index contributed by atoms with van der Waals surface area (Å²) in [5.74, 6) is -0.173. The molecule has 0 spiro atoms. The van der Waals surface area contributed by atoms with Crippen LogP contribution in [0.4, 0.5) is 4.39 Å². The molecule has 0 saturated carbocycles. The van der Waals surface area contributed by atoms with Crippen molar-refractivity contribution in [1.82, 2.24) is 15.1 Å². The molecule has 1 aliphatic rings. The summed E-state index contributed by atoms with van der Waals surface area (Å²) in [6.45, 7) is 2.99. The van der Waals surface area contributed by atoms with Gasteiger partial charge >= 0.3 is 0 Å². The number of nitrogens with zero attached hydrogens (tertiary/aromatic N) is 3. The van der Waals surface area contributed by atoms with Gasteiger partial charge in [-0.25, -0.2) is 4.39 Å². The molecule has 0 amide bonds. The van der Waals surface area contributed by atoms with Gasteiger partial charge in [0.2, 0.25) is 5.96 Å². The van der Waals surface area contributed by atoms with E-state index in [0.717, 1.165) is 37.4 Å². The van der Waals surface area contributed by atoms with E-state index in [0.29, 0.717) is 12.1 Å². The number of ketones is 1. The second kappa shape index (κ2) is 8.41. The van der Waals surface area contributed by atoms with Crippen LogP contribution >= 0.6 is 0 Å². The first-order chi connectivity index (χ1) is 11.5. The molecule has 0 unspecified atom stereocenters. The number of Topliss-reactive ketones (excluding diaryl/α,β-unsaturated/α-hetero) is 1. The van der Waals surface area contributed by atoms with Crippen LogP contribution in [-0.2, 0) is 0 Å². The molecule has 128 valence electrons. The number of carbonyl (C=O) groups excluding carboxylic acids is 1. The second-order valence-corrected chi connectivity index (χ2v) is 5.92. The Balaban J connectivity index is 1.73. The van der Waals surface area contributed by atoms with Gasteiger partial charge in [-0.2, -0.15) is 5.26 Å². The van der Waals surface area contributed by atoms with Crippen LogP contribution in [0.5, 0.6) is 0 Å².